The van der Waals surface area contributed by atoms with E-state index >= 15 is 0 Å². The molecule has 0 aliphatic heterocycles. The van der Waals surface area contributed by atoms with E-state index in [4.69, 9.17) is 14.2 Å². The third kappa shape index (κ3) is 4.54. The van der Waals surface area contributed by atoms with Crippen molar-refractivity contribution in [2.75, 3.05) is 14.2 Å². The topological polar surface area (TPSA) is 53.6 Å². The lowest BCUT2D eigenvalue weighted by molar-refractivity contribution is -0.681. The molecule has 0 N–H and O–H groups in total. The molecular weight excluding hydrogens is 428 g/mol. The second-order valence-electron chi connectivity index (χ2n) is 8.42. The average molecular weight is 460 g/mol. The highest BCUT2D eigenvalue weighted by Gasteiger charge is 2.24. The van der Waals surface area contributed by atoms with E-state index in [9.17, 15) is 4.79 Å². The van der Waals surface area contributed by atoms with Crippen molar-refractivity contribution < 1.29 is 23.6 Å². The molecule has 0 aliphatic rings. The van der Waals surface area contributed by atoms with Crippen LogP contribution < -0.4 is 9.30 Å². The lowest BCUT2D eigenvalue weighted by Crippen LogP contribution is -2.34. The van der Waals surface area contributed by atoms with Crippen LogP contribution in [0.2, 0.25) is 0 Å². The lowest BCUT2D eigenvalue weighted by atomic mass is 10.1. The summed E-state index contributed by atoms with van der Waals surface area (Å²) in [6, 6.07) is 20.2. The molecule has 0 spiro atoms. The number of carbonyl (C=O) groups excluding carboxylic acids is 1. The smallest absolute Gasteiger partial charge is 0.340 e. The van der Waals surface area contributed by atoms with Crippen molar-refractivity contribution in [2.45, 2.75) is 33.1 Å². The van der Waals surface area contributed by atoms with Gasteiger partial charge in [-0.05, 0) is 43.2 Å². The molecule has 2 aromatic carbocycles. The molecule has 6 heteroatoms. The molecule has 0 bridgehead atoms. The molecule has 1 unspecified atom stereocenters. The maximum Gasteiger partial charge on any atom is 0.340 e. The van der Waals surface area contributed by atoms with E-state index in [-0.39, 0.29) is 12.0 Å². The van der Waals surface area contributed by atoms with Crippen LogP contribution in [0.3, 0.4) is 0 Å². The van der Waals surface area contributed by atoms with Crippen LogP contribution in [0.15, 0.2) is 66.9 Å². The maximum absolute atomic E-state index is 12.5. The van der Waals surface area contributed by atoms with Gasteiger partial charge in [0, 0.05) is 28.7 Å². The summed E-state index contributed by atoms with van der Waals surface area (Å²) in [7, 11) is 5.10. The summed E-state index contributed by atoms with van der Waals surface area (Å²) >= 11 is 0. The van der Waals surface area contributed by atoms with Gasteiger partial charge in [-0.25, -0.2) is 9.36 Å². The van der Waals surface area contributed by atoms with Gasteiger partial charge < -0.3 is 18.8 Å². The SMILES string of the molecule is COC(=O)c1c(C)n(C(C)c2cc[n+](C)c(COCc3ccc(OC)cc3)c2)c2ccccc12. The maximum atomic E-state index is 12.5. The number of hydrogen-bond acceptors (Lipinski definition) is 4. The fourth-order valence-electron chi connectivity index (χ4n) is 4.43. The molecule has 0 aliphatic carbocycles. The Labute approximate surface area is 200 Å². The Bertz CT molecular complexity index is 1310. The van der Waals surface area contributed by atoms with Crippen LogP contribution in [-0.2, 0) is 29.7 Å². The van der Waals surface area contributed by atoms with Gasteiger partial charge >= 0.3 is 5.97 Å². The van der Waals surface area contributed by atoms with Gasteiger partial charge in [-0.1, -0.05) is 30.3 Å². The summed E-state index contributed by atoms with van der Waals surface area (Å²) in [5.41, 5.74) is 5.83. The Balaban J connectivity index is 1.59. The number of hydrogen-bond donors (Lipinski definition) is 0. The van der Waals surface area contributed by atoms with Gasteiger partial charge in [-0.2, -0.15) is 0 Å². The van der Waals surface area contributed by atoms with Gasteiger partial charge in [-0.15, -0.1) is 0 Å². The van der Waals surface area contributed by atoms with E-state index in [1.165, 1.54) is 7.11 Å². The zero-order chi connectivity index (χ0) is 24.2. The van der Waals surface area contributed by atoms with Gasteiger partial charge in [0.05, 0.1) is 32.4 Å². The zero-order valence-electron chi connectivity index (χ0n) is 20.4. The number of fused-ring (bicyclic) bond motifs is 1. The molecule has 0 saturated heterocycles. The van der Waals surface area contributed by atoms with Crippen molar-refractivity contribution in [2.24, 2.45) is 7.05 Å². The fourth-order valence-corrected chi connectivity index (χ4v) is 4.43. The quantitative estimate of drug-likeness (QED) is 0.278. The summed E-state index contributed by atoms with van der Waals surface area (Å²) in [6.07, 6.45) is 2.06. The molecule has 2 heterocycles. The van der Waals surface area contributed by atoms with Gasteiger partial charge in [0.25, 0.3) is 0 Å². The molecule has 0 radical (unpaired) electrons. The summed E-state index contributed by atoms with van der Waals surface area (Å²) in [4.78, 5) is 12.5. The molecular formula is C28H31N2O4+. The van der Waals surface area contributed by atoms with E-state index in [0.29, 0.717) is 18.8 Å². The number of nitrogens with zero attached hydrogens (tertiary/aromatic N) is 2. The van der Waals surface area contributed by atoms with Gasteiger partial charge in [0.2, 0.25) is 5.69 Å². The minimum Gasteiger partial charge on any atom is -0.497 e. The molecule has 176 valence electrons. The number of benzene rings is 2. The molecule has 2 aromatic heterocycles. The first-order valence-corrected chi connectivity index (χ1v) is 11.3. The van der Waals surface area contributed by atoms with Crippen LogP contribution in [0.1, 0.15) is 45.8 Å². The highest BCUT2D eigenvalue weighted by Crippen LogP contribution is 2.32. The van der Waals surface area contributed by atoms with Gasteiger partial charge in [-0.3, -0.25) is 0 Å². The number of methoxy groups -OCH3 is 2. The van der Waals surface area contributed by atoms with Crippen molar-refractivity contribution in [1.82, 2.24) is 4.57 Å². The van der Waals surface area contributed by atoms with E-state index in [1.54, 1.807) is 7.11 Å². The molecule has 0 amide bonds. The molecule has 4 aromatic rings. The first kappa shape index (κ1) is 23.5. The number of carbonyl (C=O) groups is 1. The highest BCUT2D eigenvalue weighted by molar-refractivity contribution is 6.06. The molecule has 34 heavy (non-hydrogen) atoms. The first-order chi connectivity index (χ1) is 16.4. The summed E-state index contributed by atoms with van der Waals surface area (Å²) in [6.45, 7) is 5.14. The largest absolute Gasteiger partial charge is 0.497 e. The van der Waals surface area contributed by atoms with Crippen molar-refractivity contribution in [1.29, 1.82) is 0 Å². The van der Waals surface area contributed by atoms with E-state index in [1.807, 2.05) is 62.5 Å². The normalized spacial score (nSPS) is 12.0. The van der Waals surface area contributed by atoms with Crippen LogP contribution in [0, 0.1) is 6.92 Å². The second kappa shape index (κ2) is 10.1. The van der Waals surface area contributed by atoms with E-state index in [0.717, 1.165) is 39.2 Å². The Kier molecular flexibility index (Phi) is 6.98. The van der Waals surface area contributed by atoms with E-state index < -0.39 is 0 Å². The van der Waals surface area contributed by atoms with Crippen LogP contribution in [-0.4, -0.2) is 24.8 Å². The first-order valence-electron chi connectivity index (χ1n) is 11.3. The minimum atomic E-state index is -0.313. The Morgan fingerprint density at radius 2 is 1.76 bits per heavy atom. The van der Waals surface area contributed by atoms with Crippen molar-refractivity contribution in [3.8, 4) is 5.75 Å². The Morgan fingerprint density at radius 1 is 1.03 bits per heavy atom. The van der Waals surface area contributed by atoms with Gasteiger partial charge in [0.15, 0.2) is 6.20 Å². The number of para-hydroxylation sites is 1. The zero-order valence-corrected chi connectivity index (χ0v) is 20.4. The van der Waals surface area contributed by atoms with Crippen LogP contribution in [0.5, 0.6) is 5.75 Å². The summed E-state index contributed by atoms with van der Waals surface area (Å²) < 4.78 is 20.6. The minimum absolute atomic E-state index is 0.0184. The Morgan fingerprint density at radius 3 is 2.47 bits per heavy atom. The molecule has 0 fully saturated rings. The van der Waals surface area contributed by atoms with Crippen molar-refractivity contribution in [3.05, 3.63) is 94.9 Å². The van der Waals surface area contributed by atoms with Gasteiger partial charge in [0.1, 0.15) is 19.4 Å². The fraction of sp³-hybridized carbons (Fsp3) is 0.286. The molecule has 4 rings (SSSR count). The molecule has 1 atom stereocenters. The Hall–Kier alpha value is -3.64. The third-order valence-corrected chi connectivity index (χ3v) is 6.37. The predicted molar refractivity (Wildman–Crippen MR) is 131 cm³/mol. The number of pyridine rings is 1. The van der Waals surface area contributed by atoms with E-state index in [2.05, 4.69) is 34.4 Å². The summed E-state index contributed by atoms with van der Waals surface area (Å²) in [5.74, 6) is 0.520. The average Bonchev–Trinajstić information content (AvgIpc) is 3.16. The predicted octanol–water partition coefficient (Wildman–Crippen LogP) is 4.90. The molecule has 0 saturated carbocycles. The van der Waals surface area contributed by atoms with Crippen molar-refractivity contribution >= 4 is 16.9 Å². The van der Waals surface area contributed by atoms with Crippen molar-refractivity contribution in [3.63, 3.8) is 0 Å². The number of aryl methyl sites for hydroxylation is 1. The van der Waals surface area contributed by atoms with Crippen LogP contribution >= 0.6 is 0 Å². The number of ether oxygens (including phenoxy) is 3. The number of esters is 1. The highest BCUT2D eigenvalue weighted by atomic mass is 16.5. The van der Waals surface area contributed by atoms with Crippen LogP contribution in [0.25, 0.3) is 10.9 Å². The van der Waals surface area contributed by atoms with Crippen LogP contribution in [0.4, 0.5) is 0 Å². The standard InChI is InChI=1S/C28H31N2O4/c1-19(30-20(2)27(28(31)33-5)25-8-6-7-9-26(25)30)22-14-15-29(3)23(16-22)18-34-17-21-10-12-24(32-4)13-11-21/h6-16,19H,17-18H2,1-5H3/q+1. The molecule has 6 nitrogen and oxygen atoms in total. The second-order valence-corrected chi connectivity index (χ2v) is 8.42. The monoisotopic (exact) mass is 459 g/mol. The number of aromatic nitrogens is 2. The summed E-state index contributed by atoms with van der Waals surface area (Å²) in [5, 5.41) is 0.906. The lowest BCUT2D eigenvalue weighted by Gasteiger charge is -2.18. The number of rotatable bonds is 8. The third-order valence-electron chi connectivity index (χ3n) is 6.37.